The van der Waals surface area contributed by atoms with E-state index in [-0.39, 0.29) is 5.91 Å². The largest absolute Gasteiger partial charge is 0.352 e. The van der Waals surface area contributed by atoms with E-state index >= 15 is 0 Å². The van der Waals surface area contributed by atoms with Crippen LogP contribution >= 0.6 is 0 Å². The maximum absolute atomic E-state index is 11.3. The Kier molecular flexibility index (Phi) is 5.47. The average molecular weight is 231 g/mol. The van der Waals surface area contributed by atoms with Gasteiger partial charge in [-0.3, -0.25) is 4.79 Å². The van der Waals surface area contributed by atoms with Gasteiger partial charge in [0.25, 0.3) is 0 Å². The molecule has 1 N–H and O–H groups in total. The third kappa shape index (κ3) is 4.06. The van der Waals surface area contributed by atoms with Gasteiger partial charge < -0.3 is 5.32 Å². The Bertz CT molecular complexity index is 407. The summed E-state index contributed by atoms with van der Waals surface area (Å²) in [6.07, 6.45) is 5.84. The van der Waals surface area contributed by atoms with E-state index in [9.17, 15) is 4.79 Å². The van der Waals surface area contributed by atoms with Gasteiger partial charge in [-0.2, -0.15) is 0 Å². The molecular weight excluding hydrogens is 210 g/mol. The zero-order valence-electron chi connectivity index (χ0n) is 10.9. The second-order valence-electron chi connectivity index (χ2n) is 4.09. The number of hydrogen-bond acceptors (Lipinski definition) is 1. The molecule has 17 heavy (non-hydrogen) atoms. The molecule has 0 spiro atoms. The molecule has 0 saturated heterocycles. The Labute approximate surface area is 104 Å². The molecule has 0 bridgehead atoms. The highest BCUT2D eigenvalue weighted by molar-refractivity contribution is 5.75. The number of amides is 1. The molecule has 2 nitrogen and oxygen atoms in total. The predicted octanol–water partition coefficient (Wildman–Crippen LogP) is 3.44. The fraction of sp³-hybridized carbons (Fsp3) is 0.400. The third-order valence-electron chi connectivity index (χ3n) is 2.73. The summed E-state index contributed by atoms with van der Waals surface area (Å²) >= 11 is 0. The normalized spacial score (nSPS) is 10.8. The lowest BCUT2D eigenvalue weighted by molar-refractivity contribution is -0.120. The van der Waals surface area contributed by atoms with Crippen LogP contribution in [0.4, 0.5) is 0 Å². The molecule has 1 rings (SSSR count). The van der Waals surface area contributed by atoms with Crippen LogP contribution in [0.1, 0.15) is 43.4 Å². The van der Waals surface area contributed by atoms with Crippen LogP contribution in [-0.2, 0) is 11.3 Å². The fourth-order valence-corrected chi connectivity index (χ4v) is 1.69. The molecule has 2 heteroatoms. The number of aryl methyl sites for hydroxylation is 1. The molecule has 0 fully saturated rings. The molecule has 0 heterocycles. The topological polar surface area (TPSA) is 29.1 Å². The van der Waals surface area contributed by atoms with Crippen molar-refractivity contribution in [3.8, 4) is 0 Å². The molecule has 92 valence electrons. The minimum absolute atomic E-state index is 0.0944. The standard InChI is InChI=1S/C15H21NO/c1-4-6-10-14-12(3)8-7-9-13(14)11-16-15(17)5-2/h6-10H,4-5,11H2,1-3H3,(H,16,17)/b10-6-. The number of rotatable bonds is 5. The van der Waals surface area contributed by atoms with Gasteiger partial charge in [0.1, 0.15) is 0 Å². The highest BCUT2D eigenvalue weighted by atomic mass is 16.1. The lowest BCUT2D eigenvalue weighted by Gasteiger charge is -2.10. The maximum atomic E-state index is 11.3. The number of allylic oxidation sites excluding steroid dienone is 1. The van der Waals surface area contributed by atoms with E-state index in [4.69, 9.17) is 0 Å². The number of benzene rings is 1. The van der Waals surface area contributed by atoms with Crippen LogP contribution in [0.25, 0.3) is 6.08 Å². The van der Waals surface area contributed by atoms with E-state index in [1.807, 2.05) is 13.0 Å². The summed E-state index contributed by atoms with van der Waals surface area (Å²) in [5, 5.41) is 2.92. The van der Waals surface area contributed by atoms with Crippen molar-refractivity contribution in [3.05, 3.63) is 41.0 Å². The van der Waals surface area contributed by atoms with Crippen LogP contribution in [0.5, 0.6) is 0 Å². The van der Waals surface area contributed by atoms with Crippen LogP contribution in [0.3, 0.4) is 0 Å². The predicted molar refractivity (Wildman–Crippen MR) is 72.6 cm³/mol. The number of hydrogen-bond donors (Lipinski definition) is 1. The number of nitrogens with one attached hydrogen (secondary N) is 1. The van der Waals surface area contributed by atoms with E-state index in [2.05, 4.69) is 43.4 Å². The van der Waals surface area contributed by atoms with Gasteiger partial charge in [0.2, 0.25) is 5.91 Å². The summed E-state index contributed by atoms with van der Waals surface area (Å²) in [6, 6.07) is 6.20. The van der Waals surface area contributed by atoms with Gasteiger partial charge in [-0.15, -0.1) is 0 Å². The molecule has 0 saturated carbocycles. The van der Waals surface area contributed by atoms with E-state index < -0.39 is 0 Å². The van der Waals surface area contributed by atoms with Gasteiger partial charge in [-0.05, 0) is 30.0 Å². The number of carbonyl (C=O) groups excluding carboxylic acids is 1. The van der Waals surface area contributed by atoms with E-state index in [0.29, 0.717) is 13.0 Å². The van der Waals surface area contributed by atoms with Crippen molar-refractivity contribution in [2.45, 2.75) is 40.2 Å². The van der Waals surface area contributed by atoms with Crippen molar-refractivity contribution in [2.75, 3.05) is 0 Å². The van der Waals surface area contributed by atoms with E-state index in [1.54, 1.807) is 0 Å². The SMILES string of the molecule is CC/C=C\c1c(C)cccc1CNC(=O)CC. The third-order valence-corrected chi connectivity index (χ3v) is 2.73. The van der Waals surface area contributed by atoms with Crippen molar-refractivity contribution in [1.29, 1.82) is 0 Å². The Balaban J connectivity index is 2.86. The summed E-state index contributed by atoms with van der Waals surface area (Å²) in [5.74, 6) is 0.0944. The van der Waals surface area contributed by atoms with Gasteiger partial charge in [-0.1, -0.05) is 44.2 Å². The minimum atomic E-state index is 0.0944. The van der Waals surface area contributed by atoms with Gasteiger partial charge in [0.15, 0.2) is 0 Å². The molecular formula is C15H21NO. The van der Waals surface area contributed by atoms with Gasteiger partial charge in [-0.25, -0.2) is 0 Å². The van der Waals surface area contributed by atoms with Gasteiger partial charge in [0.05, 0.1) is 0 Å². The van der Waals surface area contributed by atoms with Crippen LogP contribution < -0.4 is 5.32 Å². The Hall–Kier alpha value is -1.57. The van der Waals surface area contributed by atoms with Crippen LogP contribution in [-0.4, -0.2) is 5.91 Å². The first-order valence-corrected chi connectivity index (χ1v) is 6.20. The van der Waals surface area contributed by atoms with Crippen molar-refractivity contribution in [2.24, 2.45) is 0 Å². The van der Waals surface area contributed by atoms with Crippen LogP contribution in [0.15, 0.2) is 24.3 Å². The quantitative estimate of drug-likeness (QED) is 0.826. The molecule has 0 atom stereocenters. The highest BCUT2D eigenvalue weighted by Crippen LogP contribution is 2.16. The molecule has 0 aliphatic heterocycles. The zero-order chi connectivity index (χ0) is 12.7. The van der Waals surface area contributed by atoms with Crippen LogP contribution in [0, 0.1) is 6.92 Å². The molecule has 0 unspecified atom stereocenters. The summed E-state index contributed by atoms with van der Waals surface area (Å²) in [7, 11) is 0. The minimum Gasteiger partial charge on any atom is -0.352 e. The smallest absolute Gasteiger partial charge is 0.219 e. The molecule has 1 aromatic carbocycles. The second-order valence-corrected chi connectivity index (χ2v) is 4.09. The molecule has 0 radical (unpaired) electrons. The van der Waals surface area contributed by atoms with Gasteiger partial charge >= 0.3 is 0 Å². The first kappa shape index (κ1) is 13.5. The first-order valence-electron chi connectivity index (χ1n) is 6.20. The highest BCUT2D eigenvalue weighted by Gasteiger charge is 2.03. The monoisotopic (exact) mass is 231 g/mol. The van der Waals surface area contributed by atoms with Crippen molar-refractivity contribution >= 4 is 12.0 Å². The molecule has 0 aliphatic rings. The molecule has 0 aromatic heterocycles. The second kappa shape index (κ2) is 6.89. The average Bonchev–Trinajstić information content (AvgIpc) is 2.34. The summed E-state index contributed by atoms with van der Waals surface area (Å²) in [5.41, 5.74) is 3.65. The Morgan fingerprint density at radius 3 is 2.76 bits per heavy atom. The fourth-order valence-electron chi connectivity index (χ4n) is 1.69. The summed E-state index contributed by atoms with van der Waals surface area (Å²) in [4.78, 5) is 11.3. The van der Waals surface area contributed by atoms with Crippen molar-refractivity contribution in [3.63, 3.8) is 0 Å². The van der Waals surface area contributed by atoms with Gasteiger partial charge in [0, 0.05) is 13.0 Å². The number of carbonyl (C=O) groups is 1. The summed E-state index contributed by atoms with van der Waals surface area (Å²) in [6.45, 7) is 6.69. The maximum Gasteiger partial charge on any atom is 0.219 e. The van der Waals surface area contributed by atoms with Crippen molar-refractivity contribution < 1.29 is 4.79 Å². The molecule has 0 aliphatic carbocycles. The lowest BCUT2D eigenvalue weighted by Crippen LogP contribution is -2.21. The Morgan fingerprint density at radius 2 is 2.12 bits per heavy atom. The van der Waals surface area contributed by atoms with E-state index in [1.165, 1.54) is 16.7 Å². The summed E-state index contributed by atoms with van der Waals surface area (Å²) < 4.78 is 0. The zero-order valence-corrected chi connectivity index (χ0v) is 10.9. The molecule has 1 amide bonds. The van der Waals surface area contributed by atoms with Crippen molar-refractivity contribution in [1.82, 2.24) is 5.32 Å². The lowest BCUT2D eigenvalue weighted by atomic mass is 10.0. The van der Waals surface area contributed by atoms with E-state index in [0.717, 1.165) is 6.42 Å². The molecule has 1 aromatic rings. The first-order chi connectivity index (χ1) is 8.19. The Morgan fingerprint density at radius 1 is 1.35 bits per heavy atom. The van der Waals surface area contributed by atoms with Crippen LogP contribution in [0.2, 0.25) is 0 Å².